The highest BCUT2D eigenvalue weighted by atomic mass is 35.5. The molecule has 0 heterocycles. The summed E-state index contributed by atoms with van der Waals surface area (Å²) in [5.74, 6) is 0.0873. The summed E-state index contributed by atoms with van der Waals surface area (Å²) in [6, 6.07) is 33.0. The molecule has 5 aromatic rings. The van der Waals surface area contributed by atoms with Crippen LogP contribution in [0.1, 0.15) is 22.3 Å². The van der Waals surface area contributed by atoms with Gasteiger partial charge >= 0.3 is 0 Å². The van der Waals surface area contributed by atoms with E-state index in [4.69, 9.17) is 16.3 Å². The topological polar surface area (TPSA) is 88.1 Å². The molecule has 5 aromatic carbocycles. The third-order valence-corrected chi connectivity index (χ3v) is 9.14. The average molecular weight is 612 g/mol. The van der Waals surface area contributed by atoms with Crippen molar-refractivity contribution in [2.45, 2.75) is 25.3 Å². The Morgan fingerprint density at radius 2 is 1.58 bits per heavy atom. The number of nitrogens with zero attached hydrogens (tertiary/aromatic N) is 2. The molecule has 0 aliphatic heterocycles. The first-order valence-corrected chi connectivity index (χ1v) is 15.4. The number of sulfonamides is 1. The van der Waals surface area contributed by atoms with Crippen molar-refractivity contribution in [3.05, 3.63) is 136 Å². The van der Waals surface area contributed by atoms with Gasteiger partial charge in [-0.05, 0) is 89.8 Å². The lowest BCUT2D eigenvalue weighted by Crippen LogP contribution is -2.40. The molecule has 0 spiro atoms. The molecule has 0 aromatic heterocycles. The highest BCUT2D eigenvalue weighted by Crippen LogP contribution is 2.31. The number of ether oxygens (including phenoxy) is 1. The first kappa shape index (κ1) is 29.8. The van der Waals surface area contributed by atoms with Crippen LogP contribution in [0.3, 0.4) is 0 Å². The first-order valence-electron chi connectivity index (χ1n) is 13.6. The molecule has 218 valence electrons. The normalized spacial score (nSPS) is 11.5. The molecule has 1 amide bonds. The lowest BCUT2D eigenvalue weighted by Gasteiger charge is -2.25. The molecule has 7 nitrogen and oxygen atoms in total. The molecule has 0 saturated heterocycles. The minimum Gasteiger partial charge on any atom is -0.489 e. The second kappa shape index (κ2) is 13.1. The van der Waals surface area contributed by atoms with Crippen LogP contribution < -0.4 is 14.5 Å². The number of fused-ring (bicyclic) bond motifs is 1. The van der Waals surface area contributed by atoms with Gasteiger partial charge in [-0.1, -0.05) is 77.8 Å². The van der Waals surface area contributed by atoms with Gasteiger partial charge in [0.05, 0.1) is 16.8 Å². The molecular weight excluding hydrogens is 582 g/mol. The predicted octanol–water partition coefficient (Wildman–Crippen LogP) is 7.03. The Morgan fingerprint density at radius 3 is 2.35 bits per heavy atom. The van der Waals surface area contributed by atoms with Crippen molar-refractivity contribution in [2.24, 2.45) is 5.10 Å². The quantitative estimate of drug-likeness (QED) is 0.136. The number of rotatable bonds is 10. The van der Waals surface area contributed by atoms with Crippen LogP contribution in [-0.4, -0.2) is 27.1 Å². The van der Waals surface area contributed by atoms with Crippen LogP contribution in [0.25, 0.3) is 10.8 Å². The number of benzene rings is 5. The molecule has 0 unspecified atom stereocenters. The molecule has 9 heteroatoms. The summed E-state index contributed by atoms with van der Waals surface area (Å²) in [5.41, 5.74) is 6.03. The van der Waals surface area contributed by atoms with E-state index in [0.717, 1.165) is 31.8 Å². The number of aryl methyl sites for hydroxylation is 1. The fraction of sp³-hybridized carbons (Fsp3) is 0.118. The number of hydrogen-bond donors (Lipinski definition) is 1. The van der Waals surface area contributed by atoms with E-state index < -0.39 is 22.5 Å². The number of hydrazone groups is 1. The second-order valence-corrected chi connectivity index (χ2v) is 12.3. The maximum absolute atomic E-state index is 13.6. The van der Waals surface area contributed by atoms with Gasteiger partial charge in [0.25, 0.3) is 15.9 Å². The molecule has 0 fully saturated rings. The fourth-order valence-corrected chi connectivity index (χ4v) is 6.23. The van der Waals surface area contributed by atoms with E-state index in [1.165, 1.54) is 18.3 Å². The van der Waals surface area contributed by atoms with Gasteiger partial charge in [-0.15, -0.1) is 0 Å². The molecule has 0 atom stereocenters. The van der Waals surface area contributed by atoms with Crippen molar-refractivity contribution >= 4 is 50.2 Å². The third kappa shape index (κ3) is 7.05. The van der Waals surface area contributed by atoms with Crippen LogP contribution in [0.5, 0.6) is 5.75 Å². The molecule has 1 N–H and O–H groups in total. The van der Waals surface area contributed by atoms with E-state index in [9.17, 15) is 13.2 Å². The van der Waals surface area contributed by atoms with Gasteiger partial charge < -0.3 is 4.74 Å². The average Bonchev–Trinajstić information content (AvgIpc) is 3.01. The number of carbonyl (C=O) groups is 1. The summed E-state index contributed by atoms with van der Waals surface area (Å²) in [4.78, 5) is 13.0. The standard InChI is InChI=1S/C34H30ClN3O4S/c1-24-13-19-30(20-14-24)43(40,41)38(33-12-6-11-32(35)25(33)2)22-34(39)37-36-21-26-15-17-29(18-16-26)42-23-28-9-5-8-27-7-3-4-10-31(27)28/h3-21H,22-23H2,1-2H3,(H,37,39). The first-order chi connectivity index (χ1) is 20.7. The Bertz CT molecular complexity index is 1890. The number of carbonyl (C=O) groups excluding carboxylic acids is 1. The van der Waals surface area contributed by atoms with E-state index in [-0.39, 0.29) is 4.90 Å². The van der Waals surface area contributed by atoms with Crippen LogP contribution in [0, 0.1) is 13.8 Å². The number of halogens is 1. The number of anilines is 1. The molecule has 0 radical (unpaired) electrons. The number of hydrogen-bond acceptors (Lipinski definition) is 5. The zero-order valence-electron chi connectivity index (χ0n) is 23.7. The van der Waals surface area contributed by atoms with E-state index >= 15 is 0 Å². The summed E-state index contributed by atoms with van der Waals surface area (Å²) in [6.07, 6.45) is 1.48. The second-order valence-electron chi connectivity index (χ2n) is 10.00. The van der Waals surface area contributed by atoms with E-state index in [1.807, 2.05) is 55.5 Å². The van der Waals surface area contributed by atoms with Crippen molar-refractivity contribution in [3.8, 4) is 5.75 Å². The van der Waals surface area contributed by atoms with Crippen molar-refractivity contribution in [2.75, 3.05) is 10.8 Å². The molecule has 43 heavy (non-hydrogen) atoms. The van der Waals surface area contributed by atoms with Gasteiger partial charge in [0, 0.05) is 5.02 Å². The summed E-state index contributed by atoms with van der Waals surface area (Å²) in [5, 5.41) is 6.75. The van der Waals surface area contributed by atoms with Crippen molar-refractivity contribution in [1.82, 2.24) is 5.43 Å². The monoisotopic (exact) mass is 611 g/mol. The van der Waals surface area contributed by atoms with Gasteiger partial charge in [-0.25, -0.2) is 13.8 Å². The summed E-state index contributed by atoms with van der Waals surface area (Å²) in [6.45, 7) is 3.52. The fourth-order valence-electron chi connectivity index (χ4n) is 4.58. The van der Waals surface area contributed by atoms with Gasteiger partial charge in [0.1, 0.15) is 18.9 Å². The van der Waals surface area contributed by atoms with Crippen molar-refractivity contribution in [1.29, 1.82) is 0 Å². The summed E-state index contributed by atoms with van der Waals surface area (Å²) in [7, 11) is -4.08. The number of amides is 1. The highest BCUT2D eigenvalue weighted by molar-refractivity contribution is 7.92. The lowest BCUT2D eigenvalue weighted by atomic mass is 10.1. The maximum atomic E-state index is 13.6. The molecule has 0 aliphatic carbocycles. The third-order valence-electron chi connectivity index (χ3n) is 6.96. The zero-order valence-corrected chi connectivity index (χ0v) is 25.3. The van der Waals surface area contributed by atoms with Crippen molar-refractivity contribution in [3.63, 3.8) is 0 Å². The summed E-state index contributed by atoms with van der Waals surface area (Å²) >= 11 is 6.29. The van der Waals surface area contributed by atoms with Gasteiger partial charge in [0.2, 0.25) is 0 Å². The van der Waals surface area contributed by atoms with E-state index in [0.29, 0.717) is 28.6 Å². The molecule has 0 saturated carbocycles. The molecular formula is C34H30ClN3O4S. The molecule has 0 bridgehead atoms. The van der Waals surface area contributed by atoms with Crippen LogP contribution in [0.2, 0.25) is 5.02 Å². The van der Waals surface area contributed by atoms with Crippen LogP contribution >= 0.6 is 11.6 Å². The highest BCUT2D eigenvalue weighted by Gasteiger charge is 2.28. The van der Waals surface area contributed by atoms with Crippen LogP contribution in [0.15, 0.2) is 119 Å². The zero-order chi connectivity index (χ0) is 30.4. The van der Waals surface area contributed by atoms with Crippen LogP contribution in [-0.2, 0) is 21.4 Å². The maximum Gasteiger partial charge on any atom is 0.264 e. The summed E-state index contributed by atoms with van der Waals surface area (Å²) < 4.78 is 34.3. The molecule has 5 rings (SSSR count). The van der Waals surface area contributed by atoms with E-state index in [1.54, 1.807) is 37.3 Å². The largest absolute Gasteiger partial charge is 0.489 e. The Kier molecular flexibility index (Phi) is 9.09. The van der Waals surface area contributed by atoms with E-state index in [2.05, 4.69) is 28.7 Å². The minimum absolute atomic E-state index is 0.0662. The van der Waals surface area contributed by atoms with Gasteiger partial charge in [0.15, 0.2) is 0 Å². The smallest absolute Gasteiger partial charge is 0.264 e. The SMILES string of the molecule is Cc1ccc(S(=O)(=O)N(CC(=O)NN=Cc2ccc(OCc3cccc4ccccc34)cc2)c2cccc(Cl)c2C)cc1. The van der Waals surface area contributed by atoms with Crippen LogP contribution in [0.4, 0.5) is 5.69 Å². The van der Waals surface area contributed by atoms with Gasteiger partial charge in [-0.2, -0.15) is 5.10 Å². The van der Waals surface area contributed by atoms with Crippen molar-refractivity contribution < 1.29 is 17.9 Å². The molecule has 0 aliphatic rings. The lowest BCUT2D eigenvalue weighted by molar-refractivity contribution is -0.119. The Morgan fingerprint density at radius 1 is 0.884 bits per heavy atom. The minimum atomic E-state index is -4.08. The van der Waals surface area contributed by atoms with Gasteiger partial charge in [-0.3, -0.25) is 9.10 Å². The Labute approximate surface area is 256 Å². The Hall–Kier alpha value is -4.66. The Balaban J connectivity index is 1.25. The predicted molar refractivity (Wildman–Crippen MR) is 172 cm³/mol. The number of nitrogens with one attached hydrogen (secondary N) is 1.